The third-order valence-electron chi connectivity index (χ3n) is 0.881. The fourth-order valence-electron chi connectivity index (χ4n) is 0.461. The third-order valence-corrected chi connectivity index (χ3v) is 1.95. The summed E-state index contributed by atoms with van der Waals surface area (Å²) in [4.78, 5) is 10.4. The first-order valence-corrected chi connectivity index (χ1v) is 5.33. The van der Waals surface area contributed by atoms with Gasteiger partial charge in [0.1, 0.15) is 6.33 Å². The van der Waals surface area contributed by atoms with Gasteiger partial charge in [-0.3, -0.25) is 4.55 Å². The lowest BCUT2D eigenvalue weighted by atomic mass is 11.0. The number of nitrogens with zero attached hydrogens (tertiary/aromatic N) is 3. The van der Waals surface area contributed by atoms with Gasteiger partial charge in [0.05, 0.1) is 5.70 Å². The first kappa shape index (κ1) is 6.53. The average Bonchev–Trinajstić information content (AvgIpc) is 2.14. The smallest absolute Gasteiger partial charge is 0.265 e. The van der Waals surface area contributed by atoms with Crippen molar-refractivity contribution in [2.24, 2.45) is 0 Å². The first-order chi connectivity index (χ1) is 7.97. The van der Waals surface area contributed by atoms with E-state index in [0.717, 1.165) is 6.33 Å². The van der Waals surface area contributed by atoms with Crippen LogP contribution < -0.4 is 5.73 Å². The van der Waals surface area contributed by atoms with Gasteiger partial charge in [0.15, 0.2) is 5.16 Å². The molecule has 78 valence electrons. The molecule has 1 aromatic rings. The summed E-state index contributed by atoms with van der Waals surface area (Å²) >= 11 is 0.0708. The molecule has 0 atom stereocenters. The zero-order chi connectivity index (χ0) is 14.2. The van der Waals surface area contributed by atoms with Crippen LogP contribution >= 0.6 is 11.8 Å². The van der Waals surface area contributed by atoms with Gasteiger partial charge in [0, 0.05) is 11.2 Å². The minimum atomic E-state index is -5.26. The number of anilines is 1. The third kappa shape index (κ3) is 4.35. The largest absolute Gasteiger partial charge is 0.368 e. The Balaban J connectivity index is 3.09. The maximum Gasteiger partial charge on any atom is 0.265 e. The van der Waals surface area contributed by atoms with Gasteiger partial charge in [0.2, 0.25) is 5.95 Å². The van der Waals surface area contributed by atoms with Crippen LogP contribution in [0.2, 0.25) is 0 Å². The highest BCUT2D eigenvalue weighted by atomic mass is 32.2. The molecule has 0 saturated heterocycles. The highest BCUT2D eigenvalue weighted by Crippen LogP contribution is 2.11. The molecule has 0 aromatic carbocycles. The van der Waals surface area contributed by atoms with E-state index in [1.165, 1.54) is 0 Å². The number of rotatable bonds is 4. The fraction of sp³-hybridized carbons (Fsp3) is 0.400. The summed E-state index contributed by atoms with van der Waals surface area (Å²) in [6, 6.07) is 0. The van der Waals surface area contributed by atoms with Crippen molar-refractivity contribution in [3.63, 3.8) is 0 Å². The summed E-state index contributed by atoms with van der Waals surface area (Å²) in [5.41, 5.74) is -1.34. The molecule has 0 unspecified atom stereocenters. The molecule has 0 saturated carbocycles. The van der Waals surface area contributed by atoms with Crippen LogP contribution in [0.15, 0.2) is 11.5 Å². The number of hydrogen-bond acceptors (Lipinski definition) is 7. The van der Waals surface area contributed by atoms with Crippen molar-refractivity contribution < 1.29 is 18.5 Å². The van der Waals surface area contributed by atoms with Crippen LogP contribution in [0.4, 0.5) is 5.95 Å². The quantitative estimate of drug-likeness (QED) is 0.530. The Bertz CT molecular complexity index is 551. The number of thioether (sulfide) groups is 1. The van der Waals surface area contributed by atoms with Crippen molar-refractivity contribution in [2.45, 2.75) is 5.16 Å². The van der Waals surface area contributed by atoms with Gasteiger partial charge in [-0.15, -0.1) is 0 Å². The number of nitrogen functional groups attached to an aromatic ring is 1. The standard InChI is InChI=1S/C5H8N4O3S2/c6-4-7-3-8-5(9-4)13-1-2-14(10,11)12/h3H,1-2H2,(H,10,11,12)(H2,6,7,8,9)/i1D2,2D2. The van der Waals surface area contributed by atoms with Crippen LogP contribution in [0.3, 0.4) is 0 Å². The zero-order valence-corrected chi connectivity index (χ0v) is 8.21. The first-order valence-electron chi connectivity index (χ1n) is 5.08. The molecular weight excluding hydrogens is 228 g/mol. The predicted octanol–water partition coefficient (Wildman–Crippen LogP) is -0.566. The maximum atomic E-state index is 10.8. The fourth-order valence-corrected chi connectivity index (χ4v) is 1.38. The van der Waals surface area contributed by atoms with Crippen molar-refractivity contribution in [1.82, 2.24) is 15.0 Å². The molecule has 0 radical (unpaired) electrons. The monoisotopic (exact) mass is 240 g/mol. The van der Waals surface area contributed by atoms with Crippen LogP contribution in [0.25, 0.3) is 0 Å². The average molecular weight is 240 g/mol. The molecule has 1 heterocycles. The summed E-state index contributed by atoms with van der Waals surface area (Å²) < 4.78 is 59.3. The van der Waals surface area contributed by atoms with Gasteiger partial charge in [-0.05, 0) is 0 Å². The normalized spacial score (nSPS) is 17.8. The van der Waals surface area contributed by atoms with E-state index in [4.69, 9.17) is 15.8 Å². The van der Waals surface area contributed by atoms with Gasteiger partial charge >= 0.3 is 0 Å². The summed E-state index contributed by atoms with van der Waals surface area (Å²) in [5, 5.41) is -0.306. The molecule has 0 aliphatic carbocycles. The molecule has 9 heteroatoms. The molecule has 3 N–H and O–H groups in total. The van der Waals surface area contributed by atoms with Crippen LogP contribution in [0, 0.1) is 0 Å². The minimum Gasteiger partial charge on any atom is -0.368 e. The number of aromatic nitrogens is 3. The van der Waals surface area contributed by atoms with Crippen LogP contribution in [0.5, 0.6) is 0 Å². The summed E-state index contributed by atoms with van der Waals surface area (Å²) in [5.74, 6) is -0.226. The molecule has 0 spiro atoms. The van der Waals surface area contributed by atoms with Crippen molar-refractivity contribution in [1.29, 1.82) is 0 Å². The van der Waals surface area contributed by atoms with E-state index in [1.807, 2.05) is 0 Å². The number of hydrogen-bond donors (Lipinski definition) is 2. The highest BCUT2D eigenvalue weighted by Gasteiger charge is 2.05. The molecule has 7 nitrogen and oxygen atoms in total. The van der Waals surface area contributed by atoms with E-state index >= 15 is 0 Å². The van der Waals surface area contributed by atoms with Gasteiger partial charge < -0.3 is 5.73 Å². The second kappa shape index (κ2) is 4.53. The Morgan fingerprint density at radius 1 is 1.64 bits per heavy atom. The molecule has 0 fully saturated rings. The minimum absolute atomic E-state index is 0.0708. The molecule has 0 bridgehead atoms. The van der Waals surface area contributed by atoms with E-state index in [-0.39, 0.29) is 22.9 Å². The van der Waals surface area contributed by atoms with E-state index in [1.54, 1.807) is 0 Å². The molecule has 14 heavy (non-hydrogen) atoms. The van der Waals surface area contributed by atoms with Crippen molar-refractivity contribution >= 4 is 27.8 Å². The summed E-state index contributed by atoms with van der Waals surface area (Å²) in [7, 11) is -5.26. The second-order valence-electron chi connectivity index (χ2n) is 1.91. The van der Waals surface area contributed by atoms with Gasteiger partial charge in [-0.2, -0.15) is 13.4 Å². The molecule has 0 aliphatic heterocycles. The van der Waals surface area contributed by atoms with Crippen molar-refractivity contribution in [3.05, 3.63) is 6.33 Å². The molecule has 1 aromatic heterocycles. The Kier molecular flexibility index (Phi) is 2.11. The maximum absolute atomic E-state index is 10.8. The van der Waals surface area contributed by atoms with Gasteiger partial charge in [0.25, 0.3) is 10.1 Å². The molecule has 0 amide bonds. The predicted molar refractivity (Wildman–Crippen MR) is 51.4 cm³/mol. The second-order valence-corrected chi connectivity index (χ2v) is 3.84. The zero-order valence-electron chi connectivity index (χ0n) is 10.6. The van der Waals surface area contributed by atoms with Crippen LogP contribution in [0.1, 0.15) is 5.48 Å². The summed E-state index contributed by atoms with van der Waals surface area (Å²) in [6.45, 7) is 0. The van der Waals surface area contributed by atoms with E-state index < -0.39 is 21.5 Å². The van der Waals surface area contributed by atoms with Gasteiger partial charge in [-0.1, -0.05) is 11.8 Å². The lowest BCUT2D eigenvalue weighted by Crippen LogP contribution is -2.06. The summed E-state index contributed by atoms with van der Waals surface area (Å²) in [6.07, 6.45) is 0.962. The van der Waals surface area contributed by atoms with Crippen molar-refractivity contribution in [2.75, 3.05) is 17.1 Å². The lowest BCUT2D eigenvalue weighted by molar-refractivity contribution is 0.485. The van der Waals surface area contributed by atoms with E-state index in [9.17, 15) is 8.42 Å². The Morgan fingerprint density at radius 3 is 2.93 bits per heavy atom. The Morgan fingerprint density at radius 2 is 2.36 bits per heavy atom. The van der Waals surface area contributed by atoms with Crippen LogP contribution in [-0.4, -0.2) is 39.3 Å². The lowest BCUT2D eigenvalue weighted by Gasteiger charge is -1.98. The molecule has 1 rings (SSSR count). The molecular formula is C5H8N4O3S2. The Hall–Kier alpha value is -0.930. The van der Waals surface area contributed by atoms with E-state index in [2.05, 4.69) is 15.0 Å². The van der Waals surface area contributed by atoms with Gasteiger partial charge in [-0.25, -0.2) is 9.97 Å². The Labute approximate surface area is 90.5 Å². The topological polar surface area (TPSA) is 119 Å². The van der Waals surface area contributed by atoms with Crippen LogP contribution in [-0.2, 0) is 10.1 Å². The number of nitrogens with two attached hydrogens (primary N) is 1. The van der Waals surface area contributed by atoms with E-state index in [0.29, 0.717) is 0 Å². The SMILES string of the molecule is [2H]C([2H])(Sc1ncnc(N)n1)C([2H])([2H])S(=O)(=O)O. The van der Waals surface area contributed by atoms with Crippen molar-refractivity contribution in [3.8, 4) is 0 Å². The molecule has 0 aliphatic rings. The highest BCUT2D eigenvalue weighted by molar-refractivity contribution is 8.00.